The highest BCUT2D eigenvalue weighted by Crippen LogP contribution is 2.28. The molecule has 0 bridgehead atoms. The molecule has 0 amide bonds. The molecule has 0 aliphatic heterocycles. The number of hydrogen-bond acceptors (Lipinski definition) is 1. The molecule has 11 heavy (non-hydrogen) atoms. The zero-order valence-corrected chi connectivity index (χ0v) is 7.64. The third-order valence-corrected chi connectivity index (χ3v) is 2.36. The lowest BCUT2D eigenvalue weighted by atomic mass is 9.82. The fourth-order valence-electron chi connectivity index (χ4n) is 0.990. The smallest absolute Gasteiger partial charge is 0.247 e. The van der Waals surface area contributed by atoms with Crippen LogP contribution in [-0.4, -0.2) is 5.97 Å². The Bertz CT molecular complexity index is 132. The van der Waals surface area contributed by atoms with E-state index in [9.17, 15) is 9.90 Å². The molecule has 1 radical (unpaired) electrons. The molecule has 1 unspecified atom stereocenters. The monoisotopic (exact) mass is 157 g/mol. The third-order valence-electron chi connectivity index (χ3n) is 2.36. The Kier molecular flexibility index (Phi) is 4.16. The van der Waals surface area contributed by atoms with Crippen LogP contribution in [0.3, 0.4) is 0 Å². The predicted molar refractivity (Wildman–Crippen MR) is 43.6 cm³/mol. The highest BCUT2D eigenvalue weighted by molar-refractivity contribution is 5.73. The van der Waals surface area contributed by atoms with Crippen molar-refractivity contribution in [3.8, 4) is 0 Å². The lowest BCUT2D eigenvalue weighted by Gasteiger charge is -2.20. The van der Waals surface area contributed by atoms with Crippen molar-refractivity contribution < 1.29 is 9.90 Å². The first-order valence-corrected chi connectivity index (χ1v) is 4.28. The van der Waals surface area contributed by atoms with Crippen molar-refractivity contribution >= 4 is 5.97 Å². The first kappa shape index (κ1) is 10.5. The summed E-state index contributed by atoms with van der Waals surface area (Å²) in [7, 11) is 0. The molecule has 0 aliphatic rings. The molecule has 0 aliphatic carbocycles. The van der Waals surface area contributed by atoms with Crippen molar-refractivity contribution in [1.82, 2.24) is 0 Å². The SMILES string of the molecule is CCCCC(C)(CC)C([O])=O. The van der Waals surface area contributed by atoms with Crippen LogP contribution in [-0.2, 0) is 9.90 Å². The van der Waals surface area contributed by atoms with Crippen LogP contribution in [0.4, 0.5) is 0 Å². The Morgan fingerprint density at radius 1 is 1.36 bits per heavy atom. The van der Waals surface area contributed by atoms with Gasteiger partial charge >= 0.3 is 5.97 Å². The molecule has 0 aromatic carbocycles. The first-order chi connectivity index (χ1) is 5.06. The van der Waals surface area contributed by atoms with E-state index in [2.05, 4.69) is 6.92 Å². The average Bonchev–Trinajstić information content (AvgIpc) is 2.00. The number of rotatable bonds is 5. The van der Waals surface area contributed by atoms with Gasteiger partial charge in [0.1, 0.15) is 0 Å². The van der Waals surface area contributed by atoms with Crippen LogP contribution in [0.15, 0.2) is 0 Å². The van der Waals surface area contributed by atoms with Crippen LogP contribution in [0.1, 0.15) is 46.5 Å². The van der Waals surface area contributed by atoms with Gasteiger partial charge in [-0.1, -0.05) is 26.7 Å². The molecule has 0 saturated carbocycles. The van der Waals surface area contributed by atoms with Gasteiger partial charge in [-0.2, -0.15) is 0 Å². The third kappa shape index (κ3) is 2.91. The van der Waals surface area contributed by atoms with E-state index < -0.39 is 11.4 Å². The van der Waals surface area contributed by atoms with Gasteiger partial charge in [0.05, 0.1) is 5.41 Å². The van der Waals surface area contributed by atoms with Gasteiger partial charge in [0.25, 0.3) is 0 Å². The molecule has 1 atom stereocenters. The summed E-state index contributed by atoms with van der Waals surface area (Å²) in [6.45, 7) is 5.72. The van der Waals surface area contributed by atoms with Crippen LogP contribution in [0.2, 0.25) is 0 Å². The topological polar surface area (TPSA) is 37.0 Å². The van der Waals surface area contributed by atoms with Crippen LogP contribution in [0.5, 0.6) is 0 Å². The summed E-state index contributed by atoms with van der Waals surface area (Å²) in [5.74, 6) is -0.909. The van der Waals surface area contributed by atoms with Gasteiger partial charge < -0.3 is 0 Å². The fourth-order valence-corrected chi connectivity index (χ4v) is 0.990. The van der Waals surface area contributed by atoms with E-state index in [4.69, 9.17) is 0 Å². The van der Waals surface area contributed by atoms with E-state index in [1.54, 1.807) is 6.92 Å². The molecule has 65 valence electrons. The molecule has 0 aromatic rings. The van der Waals surface area contributed by atoms with Gasteiger partial charge in [-0.15, -0.1) is 0 Å². The van der Waals surface area contributed by atoms with Gasteiger partial charge in [-0.3, -0.25) is 0 Å². The zero-order chi connectivity index (χ0) is 8.91. The Labute approximate surface area is 68.6 Å². The van der Waals surface area contributed by atoms with E-state index in [1.807, 2.05) is 6.92 Å². The molecule has 0 aromatic heterocycles. The van der Waals surface area contributed by atoms with Gasteiger partial charge in [0.15, 0.2) is 0 Å². The molecule has 2 nitrogen and oxygen atoms in total. The minimum atomic E-state index is -0.909. The van der Waals surface area contributed by atoms with Crippen molar-refractivity contribution in [2.24, 2.45) is 5.41 Å². The quantitative estimate of drug-likeness (QED) is 0.604. The molecule has 2 heteroatoms. The highest BCUT2D eigenvalue weighted by atomic mass is 16.4. The highest BCUT2D eigenvalue weighted by Gasteiger charge is 2.31. The summed E-state index contributed by atoms with van der Waals surface area (Å²) in [5, 5.41) is 10.6. The Morgan fingerprint density at radius 3 is 2.18 bits per heavy atom. The number of hydrogen-bond donors (Lipinski definition) is 0. The molecule has 0 N–H and O–H groups in total. The van der Waals surface area contributed by atoms with Crippen LogP contribution in [0, 0.1) is 5.41 Å². The van der Waals surface area contributed by atoms with E-state index >= 15 is 0 Å². The van der Waals surface area contributed by atoms with Crippen LogP contribution < -0.4 is 0 Å². The number of carbonyl (C=O) groups is 1. The van der Waals surface area contributed by atoms with Gasteiger partial charge in [0, 0.05) is 0 Å². The van der Waals surface area contributed by atoms with E-state index in [1.165, 1.54) is 0 Å². The maximum Gasteiger partial charge on any atom is 0.361 e. The van der Waals surface area contributed by atoms with Crippen molar-refractivity contribution in [1.29, 1.82) is 0 Å². The summed E-state index contributed by atoms with van der Waals surface area (Å²) in [5.41, 5.74) is -0.601. The van der Waals surface area contributed by atoms with E-state index in [-0.39, 0.29) is 0 Å². The second-order valence-electron chi connectivity index (χ2n) is 3.31. The lowest BCUT2D eigenvalue weighted by Crippen LogP contribution is -2.25. The molecule has 0 fully saturated rings. The van der Waals surface area contributed by atoms with Gasteiger partial charge in [-0.25, -0.2) is 9.90 Å². The van der Waals surface area contributed by atoms with Gasteiger partial charge in [0.2, 0.25) is 0 Å². The molecule has 0 spiro atoms. The average molecular weight is 157 g/mol. The Hall–Kier alpha value is -0.530. The first-order valence-electron chi connectivity index (χ1n) is 4.28. The van der Waals surface area contributed by atoms with E-state index in [0.29, 0.717) is 6.42 Å². The van der Waals surface area contributed by atoms with E-state index in [0.717, 1.165) is 19.3 Å². The lowest BCUT2D eigenvalue weighted by molar-refractivity contribution is -0.155. The van der Waals surface area contributed by atoms with Crippen molar-refractivity contribution in [3.05, 3.63) is 0 Å². The maximum absolute atomic E-state index is 10.6. The fraction of sp³-hybridized carbons (Fsp3) is 0.889. The Balaban J connectivity index is 3.99. The van der Waals surface area contributed by atoms with Crippen LogP contribution >= 0.6 is 0 Å². The second-order valence-corrected chi connectivity index (χ2v) is 3.31. The predicted octanol–water partition coefficient (Wildman–Crippen LogP) is 2.55. The summed E-state index contributed by atoms with van der Waals surface area (Å²) >= 11 is 0. The Morgan fingerprint density at radius 2 is 1.91 bits per heavy atom. The van der Waals surface area contributed by atoms with Crippen molar-refractivity contribution in [2.45, 2.75) is 46.5 Å². The zero-order valence-electron chi connectivity index (χ0n) is 7.64. The molecule has 0 rings (SSSR count). The maximum atomic E-state index is 10.6. The molecular formula is C9H17O2. The minimum Gasteiger partial charge on any atom is -0.247 e. The second kappa shape index (κ2) is 4.37. The number of carbonyl (C=O) groups excluding carboxylic acids is 1. The summed E-state index contributed by atoms with van der Waals surface area (Å²) in [4.78, 5) is 10.6. The molecule has 0 saturated heterocycles. The van der Waals surface area contributed by atoms with Crippen molar-refractivity contribution in [2.75, 3.05) is 0 Å². The molecule has 0 heterocycles. The largest absolute Gasteiger partial charge is 0.361 e. The van der Waals surface area contributed by atoms with Crippen molar-refractivity contribution in [3.63, 3.8) is 0 Å². The summed E-state index contributed by atoms with van der Waals surface area (Å²) in [6, 6.07) is 0. The summed E-state index contributed by atoms with van der Waals surface area (Å²) in [6.07, 6.45) is 3.42. The van der Waals surface area contributed by atoms with Gasteiger partial charge in [-0.05, 0) is 19.8 Å². The normalized spacial score (nSPS) is 15.9. The number of unbranched alkanes of at least 4 members (excludes halogenated alkanes) is 1. The standard InChI is InChI=1S/C9H17O2/c1-4-6-7-9(3,5-2)8(10)11/h4-7H2,1-3H3. The van der Waals surface area contributed by atoms with Crippen LogP contribution in [0.25, 0.3) is 0 Å². The minimum absolute atomic E-state index is 0.601. The summed E-state index contributed by atoms with van der Waals surface area (Å²) < 4.78 is 0. The molecular weight excluding hydrogens is 140 g/mol.